The molecule has 1 aliphatic heterocycles. The van der Waals surface area contributed by atoms with Crippen LogP contribution in [-0.2, 0) is 16.0 Å². The molecule has 0 fully saturated rings. The molecule has 1 aliphatic rings. The summed E-state index contributed by atoms with van der Waals surface area (Å²) in [4.78, 5) is 16.3. The van der Waals surface area contributed by atoms with Gasteiger partial charge in [-0.1, -0.05) is 63.2 Å². The van der Waals surface area contributed by atoms with Gasteiger partial charge in [0, 0.05) is 6.92 Å². The van der Waals surface area contributed by atoms with E-state index in [9.17, 15) is 4.79 Å². The maximum atomic E-state index is 11.6. The monoisotopic (exact) mass is 338 g/mol. The molecular weight excluding hydrogens is 312 g/mol. The van der Waals surface area contributed by atoms with Crippen LogP contribution < -0.4 is 5.32 Å². The SMILES string of the molecule is CC(=O)N[C@H](C1=NC(Cc2cccc3ccccc23)CO1)C(C)(C)C. The average molecular weight is 338 g/mol. The number of amides is 1. The molecular formula is C21H26N2O2. The Hall–Kier alpha value is -2.36. The fourth-order valence-corrected chi connectivity index (χ4v) is 3.27. The summed E-state index contributed by atoms with van der Waals surface area (Å²) in [5.41, 5.74) is 1.13. The number of nitrogens with zero attached hydrogens (tertiary/aromatic N) is 1. The van der Waals surface area contributed by atoms with E-state index in [1.807, 2.05) is 0 Å². The van der Waals surface area contributed by atoms with Crippen LogP contribution in [0.25, 0.3) is 10.8 Å². The van der Waals surface area contributed by atoms with Crippen LogP contribution in [0.2, 0.25) is 0 Å². The molecule has 0 bridgehead atoms. The van der Waals surface area contributed by atoms with E-state index in [1.54, 1.807) is 0 Å². The van der Waals surface area contributed by atoms with Crippen molar-refractivity contribution in [2.24, 2.45) is 10.4 Å². The van der Waals surface area contributed by atoms with Crippen molar-refractivity contribution in [2.45, 2.75) is 46.2 Å². The normalized spacial score (nSPS) is 18.6. The first kappa shape index (κ1) is 17.5. The molecule has 0 saturated heterocycles. The first-order chi connectivity index (χ1) is 11.8. The van der Waals surface area contributed by atoms with Gasteiger partial charge in [0.1, 0.15) is 12.6 Å². The lowest BCUT2D eigenvalue weighted by Crippen LogP contribution is -2.48. The Morgan fingerprint density at radius 2 is 1.96 bits per heavy atom. The molecule has 25 heavy (non-hydrogen) atoms. The minimum absolute atomic E-state index is 0.0660. The van der Waals surface area contributed by atoms with E-state index in [1.165, 1.54) is 23.3 Å². The van der Waals surface area contributed by atoms with Crippen LogP contribution in [-0.4, -0.2) is 30.5 Å². The molecule has 0 aromatic heterocycles. The van der Waals surface area contributed by atoms with Crippen LogP contribution in [0.4, 0.5) is 0 Å². The predicted octanol–water partition coefficient (Wildman–Crippen LogP) is 3.73. The zero-order valence-electron chi connectivity index (χ0n) is 15.4. The van der Waals surface area contributed by atoms with E-state index >= 15 is 0 Å². The van der Waals surface area contributed by atoms with Gasteiger partial charge in [0.05, 0.1) is 6.04 Å². The second-order valence-corrected chi connectivity index (χ2v) is 7.77. The van der Waals surface area contributed by atoms with Crippen molar-refractivity contribution in [3.63, 3.8) is 0 Å². The molecule has 2 aromatic carbocycles. The standard InChI is InChI=1S/C21H26N2O2/c1-14(24)22-19(21(2,3)4)20-23-17(13-25-20)12-16-10-7-9-15-8-5-6-11-18(15)16/h5-11,17,19H,12-13H2,1-4H3,(H,22,24)/t17?,19-/m1/s1. The van der Waals surface area contributed by atoms with E-state index in [4.69, 9.17) is 9.73 Å². The Morgan fingerprint density at radius 1 is 1.24 bits per heavy atom. The average Bonchev–Trinajstić information content (AvgIpc) is 3.00. The number of hydrogen-bond donors (Lipinski definition) is 1. The third kappa shape index (κ3) is 4.01. The topological polar surface area (TPSA) is 50.7 Å². The van der Waals surface area contributed by atoms with Crippen LogP contribution in [0, 0.1) is 5.41 Å². The molecule has 1 unspecified atom stereocenters. The van der Waals surface area contributed by atoms with E-state index < -0.39 is 0 Å². The number of rotatable bonds is 4. The minimum Gasteiger partial charge on any atom is -0.477 e. The van der Waals surface area contributed by atoms with E-state index in [0.29, 0.717) is 12.5 Å². The number of carbonyl (C=O) groups is 1. The maximum Gasteiger partial charge on any atom is 0.217 e. The van der Waals surface area contributed by atoms with Crippen LogP contribution >= 0.6 is 0 Å². The van der Waals surface area contributed by atoms with Gasteiger partial charge in [-0.25, -0.2) is 4.99 Å². The van der Waals surface area contributed by atoms with Crippen molar-refractivity contribution in [2.75, 3.05) is 6.61 Å². The maximum absolute atomic E-state index is 11.6. The summed E-state index contributed by atoms with van der Waals surface area (Å²) in [6, 6.07) is 14.7. The lowest BCUT2D eigenvalue weighted by atomic mass is 9.86. The Kier molecular flexibility index (Phi) is 4.80. The summed E-state index contributed by atoms with van der Waals surface area (Å²) in [5.74, 6) is 0.580. The van der Waals surface area contributed by atoms with Crippen molar-refractivity contribution in [3.8, 4) is 0 Å². The lowest BCUT2D eigenvalue weighted by Gasteiger charge is -2.30. The number of nitrogens with one attached hydrogen (secondary N) is 1. The largest absolute Gasteiger partial charge is 0.477 e. The second-order valence-electron chi connectivity index (χ2n) is 7.77. The van der Waals surface area contributed by atoms with Gasteiger partial charge in [0.15, 0.2) is 0 Å². The second kappa shape index (κ2) is 6.87. The van der Waals surface area contributed by atoms with Gasteiger partial charge in [-0.2, -0.15) is 0 Å². The highest BCUT2D eigenvalue weighted by molar-refractivity contribution is 5.89. The van der Waals surface area contributed by atoms with Crippen molar-refractivity contribution >= 4 is 22.6 Å². The minimum atomic E-state index is -0.206. The number of aliphatic imine (C=N–C) groups is 1. The number of fused-ring (bicyclic) bond motifs is 1. The highest BCUT2D eigenvalue weighted by atomic mass is 16.5. The number of carbonyl (C=O) groups excluding carboxylic acids is 1. The van der Waals surface area contributed by atoms with Crippen LogP contribution in [0.1, 0.15) is 33.3 Å². The molecule has 2 atom stereocenters. The summed E-state index contributed by atoms with van der Waals surface area (Å²) in [6.07, 6.45) is 0.835. The van der Waals surface area contributed by atoms with Gasteiger partial charge in [0.25, 0.3) is 0 Å². The van der Waals surface area contributed by atoms with Crippen LogP contribution in [0.5, 0.6) is 0 Å². The van der Waals surface area contributed by atoms with E-state index in [0.717, 1.165) is 6.42 Å². The first-order valence-electron chi connectivity index (χ1n) is 8.79. The zero-order chi connectivity index (χ0) is 18.0. The van der Waals surface area contributed by atoms with Gasteiger partial charge in [-0.3, -0.25) is 4.79 Å². The smallest absolute Gasteiger partial charge is 0.217 e. The number of benzene rings is 2. The third-order valence-electron chi connectivity index (χ3n) is 4.53. The predicted molar refractivity (Wildman–Crippen MR) is 102 cm³/mol. The number of ether oxygens (including phenoxy) is 1. The van der Waals surface area contributed by atoms with Gasteiger partial charge in [0.2, 0.25) is 11.8 Å². The Bertz CT molecular complexity index is 800. The lowest BCUT2D eigenvalue weighted by molar-refractivity contribution is -0.119. The Morgan fingerprint density at radius 3 is 2.68 bits per heavy atom. The van der Waals surface area contributed by atoms with E-state index in [2.05, 4.69) is 68.6 Å². The molecule has 4 heteroatoms. The molecule has 0 radical (unpaired) electrons. The summed E-state index contributed by atoms with van der Waals surface area (Å²) in [6.45, 7) is 8.33. The molecule has 1 N–H and O–H groups in total. The zero-order valence-corrected chi connectivity index (χ0v) is 15.4. The van der Waals surface area contributed by atoms with Gasteiger partial charge in [-0.05, 0) is 28.2 Å². The highest BCUT2D eigenvalue weighted by Crippen LogP contribution is 2.26. The number of hydrogen-bond acceptors (Lipinski definition) is 3. The molecule has 2 aromatic rings. The van der Waals surface area contributed by atoms with Crippen molar-refractivity contribution in [1.29, 1.82) is 0 Å². The van der Waals surface area contributed by atoms with Crippen LogP contribution in [0.3, 0.4) is 0 Å². The highest BCUT2D eigenvalue weighted by Gasteiger charge is 2.35. The summed E-state index contributed by atoms with van der Waals surface area (Å²) >= 11 is 0. The fraction of sp³-hybridized carbons (Fsp3) is 0.429. The Labute approximate surface area is 149 Å². The van der Waals surface area contributed by atoms with Crippen molar-refractivity contribution in [3.05, 3.63) is 48.0 Å². The van der Waals surface area contributed by atoms with Gasteiger partial charge >= 0.3 is 0 Å². The van der Waals surface area contributed by atoms with Gasteiger partial charge < -0.3 is 10.1 Å². The quantitative estimate of drug-likeness (QED) is 0.923. The summed E-state index contributed by atoms with van der Waals surface area (Å²) in [7, 11) is 0. The summed E-state index contributed by atoms with van der Waals surface area (Å²) < 4.78 is 5.87. The van der Waals surface area contributed by atoms with Gasteiger partial charge in [-0.15, -0.1) is 0 Å². The molecule has 0 saturated carbocycles. The molecule has 132 valence electrons. The molecule has 0 aliphatic carbocycles. The fourth-order valence-electron chi connectivity index (χ4n) is 3.27. The molecule has 1 amide bonds. The molecule has 1 heterocycles. The van der Waals surface area contributed by atoms with E-state index in [-0.39, 0.29) is 23.4 Å². The third-order valence-corrected chi connectivity index (χ3v) is 4.53. The van der Waals surface area contributed by atoms with Crippen molar-refractivity contribution in [1.82, 2.24) is 5.32 Å². The molecule has 0 spiro atoms. The first-order valence-corrected chi connectivity index (χ1v) is 8.79. The Balaban J connectivity index is 1.82. The molecule has 4 nitrogen and oxygen atoms in total. The van der Waals surface area contributed by atoms with Crippen molar-refractivity contribution < 1.29 is 9.53 Å². The molecule has 3 rings (SSSR count). The summed E-state index contributed by atoms with van der Waals surface area (Å²) in [5, 5.41) is 5.49. The van der Waals surface area contributed by atoms with Crippen LogP contribution in [0.15, 0.2) is 47.5 Å².